The highest BCUT2D eigenvalue weighted by Gasteiger charge is 2.91. The Balaban J connectivity index is 3.46. The molecule has 0 radical (unpaired) electrons. The van der Waals surface area contributed by atoms with Crippen molar-refractivity contribution < 1.29 is 66.6 Å². The normalized spacial score (nSPS) is 14.4. The number of rotatable bonds is 7. The van der Waals surface area contributed by atoms with E-state index in [9.17, 15) is 61.9 Å². The van der Waals surface area contributed by atoms with Crippen molar-refractivity contribution in [2.24, 2.45) is 0 Å². The lowest BCUT2D eigenvalue weighted by atomic mass is 9.93. The summed E-state index contributed by atoms with van der Waals surface area (Å²) in [5.74, 6) is -42.5. The maximum Gasteiger partial charge on any atom is 0.460 e. The first-order chi connectivity index (χ1) is 13.6. The molecule has 0 unspecified atom stereocenters. The third-order valence-corrected chi connectivity index (χ3v) is 3.82. The molecular weight excluding hydrogens is 473 g/mol. The predicted molar refractivity (Wildman–Crippen MR) is 77.2 cm³/mol. The molecule has 1 aromatic rings. The minimum absolute atomic E-state index is 0.160. The second-order valence-electron chi connectivity index (χ2n) is 6.03. The zero-order valence-electron chi connectivity index (χ0n) is 15.0. The van der Waals surface area contributed by atoms with Gasteiger partial charge >= 0.3 is 41.7 Å². The van der Waals surface area contributed by atoms with E-state index >= 15 is 0 Å². The molecule has 1 aromatic carbocycles. The van der Waals surface area contributed by atoms with Crippen molar-refractivity contribution in [3.8, 4) is 5.75 Å². The van der Waals surface area contributed by atoms with E-state index in [0.717, 1.165) is 24.6 Å². The Morgan fingerprint density at radius 2 is 1.23 bits per heavy atom. The molecule has 178 valence electrons. The summed E-state index contributed by atoms with van der Waals surface area (Å²) in [7, 11) is 0.890. The highest BCUT2D eigenvalue weighted by molar-refractivity contribution is 5.98. The number of hydrogen-bond donors (Lipinski definition) is 1. The van der Waals surface area contributed by atoms with E-state index in [-0.39, 0.29) is 5.56 Å². The zero-order valence-corrected chi connectivity index (χ0v) is 15.0. The van der Waals surface area contributed by atoms with Crippen molar-refractivity contribution in [2.75, 3.05) is 12.4 Å². The van der Waals surface area contributed by atoms with Gasteiger partial charge in [-0.25, -0.2) is 0 Å². The number of halogens is 13. The largest absolute Gasteiger partial charge is 0.495 e. The number of alkyl halides is 13. The molecule has 0 saturated carbocycles. The van der Waals surface area contributed by atoms with Crippen molar-refractivity contribution in [1.29, 1.82) is 0 Å². The molecule has 16 heteroatoms. The van der Waals surface area contributed by atoms with Crippen molar-refractivity contribution in [3.63, 3.8) is 0 Å². The molecule has 0 aliphatic carbocycles. The summed E-state index contributed by atoms with van der Waals surface area (Å²) in [5, 5.41) is 0.959. The molecule has 1 N–H and O–H groups in total. The fraction of sp³-hybridized carbons (Fsp3) is 0.533. The topological polar surface area (TPSA) is 38.3 Å². The zero-order chi connectivity index (χ0) is 24.8. The number of nitrogens with one attached hydrogen (secondary N) is 1. The van der Waals surface area contributed by atoms with Gasteiger partial charge in [-0.05, 0) is 24.6 Å². The number of anilines is 1. The fourth-order valence-corrected chi connectivity index (χ4v) is 2.03. The van der Waals surface area contributed by atoms with Crippen LogP contribution in [-0.2, 0) is 4.79 Å². The molecule has 0 bridgehead atoms. The maximum atomic E-state index is 13.8. The van der Waals surface area contributed by atoms with E-state index in [4.69, 9.17) is 0 Å². The molecule has 0 aliphatic heterocycles. The number of benzene rings is 1. The van der Waals surface area contributed by atoms with Gasteiger partial charge in [-0.3, -0.25) is 4.79 Å². The summed E-state index contributed by atoms with van der Waals surface area (Å²) in [4.78, 5) is 11.5. The Labute approximate surface area is 164 Å². The molecule has 0 heterocycles. The van der Waals surface area contributed by atoms with Gasteiger partial charge in [0.05, 0.1) is 12.8 Å². The highest BCUT2D eigenvalue weighted by atomic mass is 19.4. The first-order valence-corrected chi connectivity index (χ1v) is 7.51. The summed E-state index contributed by atoms with van der Waals surface area (Å²) < 4.78 is 174. The summed E-state index contributed by atoms with van der Waals surface area (Å²) in [5.41, 5.74) is -0.688. The molecule has 0 aromatic heterocycles. The lowest BCUT2D eigenvalue weighted by molar-refractivity contribution is -0.435. The molecule has 0 aliphatic rings. The van der Waals surface area contributed by atoms with Crippen LogP contribution >= 0.6 is 0 Å². The van der Waals surface area contributed by atoms with Gasteiger partial charge in [0, 0.05) is 0 Å². The van der Waals surface area contributed by atoms with Gasteiger partial charge in [-0.15, -0.1) is 0 Å². The quantitative estimate of drug-likeness (QED) is 0.507. The van der Waals surface area contributed by atoms with E-state index in [1.165, 1.54) is 13.0 Å². The summed E-state index contributed by atoms with van der Waals surface area (Å²) in [6.45, 7) is 1.27. The van der Waals surface area contributed by atoms with Crippen LogP contribution in [0.4, 0.5) is 62.8 Å². The smallest absolute Gasteiger partial charge is 0.460 e. The van der Waals surface area contributed by atoms with Gasteiger partial charge in [0.1, 0.15) is 5.75 Å². The highest BCUT2D eigenvalue weighted by Crippen LogP contribution is 2.60. The van der Waals surface area contributed by atoms with Gasteiger partial charge in [0.15, 0.2) is 0 Å². The number of carbonyl (C=O) groups excluding carboxylic acids is 1. The number of methoxy groups -OCH3 is 1. The summed E-state index contributed by atoms with van der Waals surface area (Å²) in [6.07, 6.45) is -7.53. The number of amides is 1. The third kappa shape index (κ3) is 3.95. The van der Waals surface area contributed by atoms with Crippen LogP contribution in [0.3, 0.4) is 0 Å². The molecule has 1 rings (SSSR count). The monoisotopic (exact) mass is 483 g/mol. The molecule has 0 fully saturated rings. The van der Waals surface area contributed by atoms with Crippen LogP contribution < -0.4 is 10.1 Å². The number of aryl methyl sites for hydroxylation is 1. The van der Waals surface area contributed by atoms with Crippen LogP contribution in [0.25, 0.3) is 0 Å². The van der Waals surface area contributed by atoms with E-state index in [1.807, 2.05) is 0 Å². The van der Waals surface area contributed by atoms with E-state index in [0.29, 0.717) is 0 Å². The second kappa shape index (κ2) is 7.62. The predicted octanol–water partition coefficient (Wildman–Crippen LogP) is 5.68. The molecule has 0 spiro atoms. The van der Waals surface area contributed by atoms with Crippen molar-refractivity contribution in [1.82, 2.24) is 0 Å². The van der Waals surface area contributed by atoms with Crippen molar-refractivity contribution >= 4 is 11.6 Å². The summed E-state index contributed by atoms with van der Waals surface area (Å²) >= 11 is 0. The first kappa shape index (κ1) is 26.6. The average Bonchev–Trinajstić information content (AvgIpc) is 2.60. The number of ether oxygens (including phenoxy) is 1. The average molecular weight is 483 g/mol. The fourth-order valence-electron chi connectivity index (χ4n) is 2.03. The van der Waals surface area contributed by atoms with Gasteiger partial charge in [0.2, 0.25) is 0 Å². The molecule has 31 heavy (non-hydrogen) atoms. The summed E-state index contributed by atoms with van der Waals surface area (Å²) in [6, 6.07) is 3.01. The minimum atomic E-state index is -8.08. The minimum Gasteiger partial charge on any atom is -0.495 e. The molecular formula is C15H10F13NO2. The van der Waals surface area contributed by atoms with Crippen LogP contribution in [0, 0.1) is 6.92 Å². The Morgan fingerprint density at radius 1 is 0.774 bits per heavy atom. The van der Waals surface area contributed by atoms with Gasteiger partial charge in [-0.1, -0.05) is 6.07 Å². The van der Waals surface area contributed by atoms with Crippen LogP contribution in [0.2, 0.25) is 0 Å². The lowest BCUT2D eigenvalue weighted by Crippen LogP contribution is -2.71. The Kier molecular flexibility index (Phi) is 6.54. The van der Waals surface area contributed by atoms with E-state index < -0.39 is 53.1 Å². The maximum absolute atomic E-state index is 13.8. The van der Waals surface area contributed by atoms with Crippen molar-refractivity contribution in [3.05, 3.63) is 23.8 Å². The van der Waals surface area contributed by atoms with Crippen LogP contribution in [0.5, 0.6) is 5.75 Å². The van der Waals surface area contributed by atoms with Crippen LogP contribution in [0.15, 0.2) is 18.2 Å². The second-order valence-corrected chi connectivity index (χ2v) is 6.03. The molecule has 1 amide bonds. The van der Waals surface area contributed by atoms with Gasteiger partial charge < -0.3 is 10.1 Å². The molecule has 0 atom stereocenters. The number of carbonyl (C=O) groups is 1. The third-order valence-electron chi connectivity index (χ3n) is 3.82. The Morgan fingerprint density at radius 3 is 1.65 bits per heavy atom. The first-order valence-electron chi connectivity index (χ1n) is 7.51. The van der Waals surface area contributed by atoms with Crippen molar-refractivity contribution in [2.45, 2.75) is 42.7 Å². The van der Waals surface area contributed by atoms with Gasteiger partial charge in [-0.2, -0.15) is 57.1 Å². The Hall–Kier alpha value is -2.42. The van der Waals surface area contributed by atoms with Gasteiger partial charge in [0.25, 0.3) is 0 Å². The SMILES string of the molecule is COc1ccc(C)cc1NC(=O)C(F)(F)C(F)(F)C(F)(F)C(F)(F)C(F)(F)C(F)(F)F. The Bertz CT molecular complexity index is 833. The lowest BCUT2D eigenvalue weighted by Gasteiger charge is -2.39. The number of hydrogen-bond acceptors (Lipinski definition) is 2. The molecule has 0 saturated heterocycles. The standard InChI is InChI=1S/C15H10F13NO2/c1-6-3-4-8(31-2)7(5-6)29-9(30)10(16,17)11(18,19)12(20,21)13(22,23)14(24,25)15(26,27)28/h3-5H,1-2H3,(H,29,30). The van der Waals surface area contributed by atoms with Crippen LogP contribution in [0.1, 0.15) is 5.56 Å². The van der Waals surface area contributed by atoms with E-state index in [1.54, 1.807) is 0 Å². The van der Waals surface area contributed by atoms with E-state index in [2.05, 4.69) is 4.74 Å². The molecule has 3 nitrogen and oxygen atoms in total. The van der Waals surface area contributed by atoms with Crippen LogP contribution in [-0.4, -0.2) is 48.8 Å².